The fourth-order valence-corrected chi connectivity index (χ4v) is 6.97. The number of hydrogen-bond acceptors (Lipinski definition) is 10. The van der Waals surface area contributed by atoms with Crippen molar-refractivity contribution in [1.29, 1.82) is 0 Å². The van der Waals surface area contributed by atoms with Crippen molar-refractivity contribution >= 4 is 42.6 Å². The zero-order valence-electron chi connectivity index (χ0n) is 28.4. The van der Waals surface area contributed by atoms with Gasteiger partial charge in [-0.05, 0) is 61.3 Å². The van der Waals surface area contributed by atoms with Gasteiger partial charge in [-0.25, -0.2) is 14.8 Å². The Morgan fingerprint density at radius 2 is 1.90 bits per heavy atom. The fourth-order valence-electron chi connectivity index (χ4n) is 6.22. The first-order valence-corrected chi connectivity index (χ1v) is 20.5. The van der Waals surface area contributed by atoms with Gasteiger partial charge in [0.05, 0.1) is 41.9 Å². The molecule has 2 saturated heterocycles. The molecule has 0 aliphatic carbocycles. The van der Waals surface area contributed by atoms with Crippen LogP contribution in [-0.4, -0.2) is 107 Å². The lowest BCUT2D eigenvalue weighted by molar-refractivity contribution is 0.0908. The lowest BCUT2D eigenvalue weighted by Crippen LogP contribution is -2.46. The van der Waals surface area contributed by atoms with E-state index in [1.54, 1.807) is 24.8 Å². The van der Waals surface area contributed by atoms with Crippen LogP contribution in [0.3, 0.4) is 0 Å². The molecule has 260 valence electrons. The minimum atomic E-state index is -1.26. The Labute approximate surface area is 286 Å². The van der Waals surface area contributed by atoms with E-state index in [0.717, 1.165) is 72.3 Å². The molecule has 4 aromatic rings. The molecule has 2 aliphatic rings. The van der Waals surface area contributed by atoms with Gasteiger partial charge in [0, 0.05) is 53.1 Å². The molecule has 0 unspecified atom stereocenters. The summed E-state index contributed by atoms with van der Waals surface area (Å²) in [6.45, 7) is 12.9. The number of fused-ring (bicyclic) bond motifs is 1. The number of piperidine rings is 1. The summed E-state index contributed by atoms with van der Waals surface area (Å²) in [4.78, 5) is 47.1. The Morgan fingerprint density at radius 1 is 1.06 bits per heavy atom. The van der Waals surface area contributed by atoms with Crippen molar-refractivity contribution in [2.75, 3.05) is 56.2 Å². The summed E-state index contributed by atoms with van der Waals surface area (Å²) in [6, 6.07) is 10.4. The Balaban J connectivity index is 1.17. The number of carboxylic acid groups (broad SMARTS) is 1. The number of nitrogens with zero attached hydrogens (tertiary/aromatic N) is 7. The van der Waals surface area contributed by atoms with Gasteiger partial charge in [-0.1, -0.05) is 19.6 Å². The second kappa shape index (κ2) is 15.4. The number of likely N-dealkylation sites (tertiary alicyclic amines) is 1. The molecule has 6 rings (SSSR count). The van der Waals surface area contributed by atoms with Crippen LogP contribution in [0.1, 0.15) is 28.9 Å². The molecule has 49 heavy (non-hydrogen) atoms. The van der Waals surface area contributed by atoms with Crippen molar-refractivity contribution in [2.45, 2.75) is 57.8 Å². The lowest BCUT2D eigenvalue weighted by Gasteiger charge is -2.32. The summed E-state index contributed by atoms with van der Waals surface area (Å²) in [5, 5.41) is 15.5. The summed E-state index contributed by atoms with van der Waals surface area (Å²) in [6.07, 6.45) is 5.59. The predicted molar refractivity (Wildman–Crippen MR) is 190 cm³/mol. The first-order valence-electron chi connectivity index (χ1n) is 16.8. The quantitative estimate of drug-likeness (QED) is 0.142. The van der Waals surface area contributed by atoms with Gasteiger partial charge in [0.15, 0.2) is 0 Å². The van der Waals surface area contributed by atoms with Crippen LogP contribution in [0.2, 0.25) is 25.7 Å². The van der Waals surface area contributed by atoms with Crippen LogP contribution in [0.4, 0.5) is 16.3 Å². The maximum absolute atomic E-state index is 13.2. The number of rotatable bonds is 12. The second-order valence-corrected chi connectivity index (χ2v) is 19.4. The summed E-state index contributed by atoms with van der Waals surface area (Å²) in [5.41, 5.74) is 4.12. The Bertz CT molecular complexity index is 1760. The number of pyridine rings is 2. The highest BCUT2D eigenvalue weighted by molar-refractivity contribution is 6.76. The number of carbonyl (C=O) groups excluding carboxylic acids is 1. The molecule has 14 nitrogen and oxygen atoms in total. The largest absolute Gasteiger partial charge is 0.465 e. The molecule has 1 atom stereocenters. The second-order valence-electron chi connectivity index (χ2n) is 13.8. The van der Waals surface area contributed by atoms with Crippen molar-refractivity contribution in [2.24, 2.45) is 0 Å². The van der Waals surface area contributed by atoms with Crippen molar-refractivity contribution in [3.8, 4) is 11.4 Å². The van der Waals surface area contributed by atoms with Crippen LogP contribution >= 0.6 is 0 Å². The van der Waals surface area contributed by atoms with Gasteiger partial charge in [-0.2, -0.15) is 0 Å². The number of nitrogens with one attached hydrogen (secondary N) is 2. The van der Waals surface area contributed by atoms with E-state index in [0.29, 0.717) is 51.0 Å². The average Bonchev–Trinajstić information content (AvgIpc) is 3.45. The van der Waals surface area contributed by atoms with Crippen LogP contribution in [0.5, 0.6) is 0 Å². The van der Waals surface area contributed by atoms with Crippen molar-refractivity contribution in [3.63, 3.8) is 0 Å². The SMILES string of the molecule is C[Si](C)(C)CCOCn1c(-c2ccc(NC(=O)c3cc(CN4CCC[C@@H](NC(=O)O)C4)ccn3)cn2)cc2c(N3CCOCC3)ncnc21. The van der Waals surface area contributed by atoms with Crippen molar-refractivity contribution in [3.05, 3.63) is 60.3 Å². The van der Waals surface area contributed by atoms with Crippen LogP contribution in [-0.2, 0) is 22.7 Å². The Morgan fingerprint density at radius 3 is 2.65 bits per heavy atom. The van der Waals surface area contributed by atoms with E-state index in [1.165, 1.54) is 0 Å². The van der Waals surface area contributed by atoms with E-state index >= 15 is 0 Å². The number of carbonyl (C=O) groups is 2. The molecule has 15 heteroatoms. The van der Waals surface area contributed by atoms with E-state index < -0.39 is 14.2 Å². The highest BCUT2D eigenvalue weighted by atomic mass is 28.3. The molecule has 0 radical (unpaired) electrons. The smallest absolute Gasteiger partial charge is 0.404 e. The molecule has 0 aromatic carbocycles. The molecule has 3 N–H and O–H groups in total. The van der Waals surface area contributed by atoms with Crippen LogP contribution < -0.4 is 15.5 Å². The van der Waals surface area contributed by atoms with E-state index in [4.69, 9.17) is 19.6 Å². The van der Waals surface area contributed by atoms with Gasteiger partial charge in [0.25, 0.3) is 5.91 Å². The van der Waals surface area contributed by atoms with Crippen LogP contribution in [0.25, 0.3) is 22.4 Å². The van der Waals surface area contributed by atoms with Gasteiger partial charge in [-0.15, -0.1) is 0 Å². The monoisotopic (exact) mass is 687 g/mol. The number of amides is 2. The van der Waals surface area contributed by atoms with Crippen LogP contribution in [0, 0.1) is 0 Å². The Hall–Kier alpha value is -4.44. The van der Waals surface area contributed by atoms with E-state index in [-0.39, 0.29) is 11.9 Å². The molecule has 6 heterocycles. The third kappa shape index (κ3) is 8.97. The van der Waals surface area contributed by atoms with Crippen molar-refractivity contribution in [1.82, 2.24) is 34.7 Å². The Kier molecular flexibility index (Phi) is 10.8. The van der Waals surface area contributed by atoms with Gasteiger partial charge >= 0.3 is 6.09 Å². The normalized spacial score (nSPS) is 17.3. The molecular weight excluding hydrogens is 643 g/mol. The lowest BCUT2D eigenvalue weighted by atomic mass is 10.0. The van der Waals surface area contributed by atoms with Crippen LogP contribution in [0.15, 0.2) is 49.1 Å². The van der Waals surface area contributed by atoms with E-state index in [1.807, 2.05) is 22.8 Å². The number of anilines is 2. The van der Waals surface area contributed by atoms with E-state index in [2.05, 4.69) is 61.1 Å². The molecule has 2 amide bonds. The highest BCUT2D eigenvalue weighted by Gasteiger charge is 2.23. The number of ether oxygens (including phenoxy) is 2. The van der Waals surface area contributed by atoms with E-state index in [9.17, 15) is 9.59 Å². The molecule has 0 saturated carbocycles. The minimum Gasteiger partial charge on any atom is -0.465 e. The predicted octanol–water partition coefficient (Wildman–Crippen LogP) is 4.52. The number of aromatic nitrogens is 5. The summed E-state index contributed by atoms with van der Waals surface area (Å²) < 4.78 is 13.8. The third-order valence-electron chi connectivity index (χ3n) is 8.78. The summed E-state index contributed by atoms with van der Waals surface area (Å²) in [5.74, 6) is 0.529. The minimum absolute atomic E-state index is 0.102. The average molecular weight is 688 g/mol. The maximum Gasteiger partial charge on any atom is 0.404 e. The zero-order valence-corrected chi connectivity index (χ0v) is 29.4. The molecule has 0 bridgehead atoms. The molecule has 2 aliphatic heterocycles. The summed E-state index contributed by atoms with van der Waals surface area (Å²) in [7, 11) is -1.26. The van der Waals surface area contributed by atoms with Gasteiger partial charge < -0.3 is 30.1 Å². The van der Waals surface area contributed by atoms with Gasteiger partial charge in [-0.3, -0.25) is 24.2 Å². The fraction of sp³-hybridized carbons (Fsp3) is 0.471. The highest BCUT2D eigenvalue weighted by Crippen LogP contribution is 2.32. The number of morpholine rings is 1. The molecule has 4 aromatic heterocycles. The molecule has 0 spiro atoms. The number of hydrogen-bond donors (Lipinski definition) is 3. The first kappa shape index (κ1) is 34.4. The summed E-state index contributed by atoms with van der Waals surface area (Å²) >= 11 is 0. The first-order chi connectivity index (χ1) is 23.6. The third-order valence-corrected chi connectivity index (χ3v) is 10.5. The molecular formula is C34H45N9O5Si. The van der Waals surface area contributed by atoms with Gasteiger partial charge in [0.1, 0.15) is 30.2 Å². The maximum atomic E-state index is 13.2. The molecule has 2 fully saturated rings. The van der Waals surface area contributed by atoms with Crippen molar-refractivity contribution < 1.29 is 24.2 Å². The standard InChI is InChI=1S/C34H45N9O5Si/c1-49(2,3)16-15-48-23-43-30(18-27-31(37-22-38-32(27)43)42-11-13-47-14-12-42)28-7-6-25(19-36-28)39-33(44)29-17-24(8-9-35-29)20-41-10-4-5-26(21-41)40-34(45)46/h6-9,17-19,22,26,40H,4-5,10-16,20-21,23H2,1-3H3,(H,39,44)(H,45,46)/t26-/m1/s1. The van der Waals surface area contributed by atoms with Gasteiger partial charge in [0.2, 0.25) is 0 Å². The topological polar surface area (TPSA) is 160 Å². The zero-order chi connectivity index (χ0) is 34.4.